The number of nitrogens with zero attached hydrogens (tertiary/aromatic N) is 2. The maximum Gasteiger partial charge on any atom is 0.246 e. The number of amides is 1. The molecular weight excluding hydrogens is 370 g/mol. The van der Waals surface area contributed by atoms with Crippen LogP contribution in [0.1, 0.15) is 19.2 Å². The molecule has 3 rings (SSSR count). The van der Waals surface area contributed by atoms with Crippen LogP contribution in [0.2, 0.25) is 5.02 Å². The van der Waals surface area contributed by atoms with Crippen LogP contribution in [0.5, 0.6) is 0 Å². The molecule has 0 fully saturated rings. The molecule has 0 aliphatic heterocycles. The van der Waals surface area contributed by atoms with Gasteiger partial charge in [-0.25, -0.2) is 0 Å². The van der Waals surface area contributed by atoms with Crippen LogP contribution in [0.3, 0.4) is 0 Å². The Morgan fingerprint density at radius 1 is 1.19 bits per heavy atom. The van der Waals surface area contributed by atoms with E-state index in [0.717, 1.165) is 10.5 Å². The van der Waals surface area contributed by atoms with Gasteiger partial charge in [0.15, 0.2) is 0 Å². The second kappa shape index (κ2) is 8.87. The number of thioether (sulfide) groups is 1. The smallest absolute Gasteiger partial charge is 0.246 e. The summed E-state index contributed by atoms with van der Waals surface area (Å²) in [5.41, 5.74) is 0.874. The fraction of sp³-hybridized carbons (Fsp3) is 0.211. The molecule has 0 aliphatic rings. The van der Waals surface area contributed by atoms with Crippen molar-refractivity contribution in [2.75, 3.05) is 0 Å². The quantitative estimate of drug-likeness (QED) is 0.601. The van der Waals surface area contributed by atoms with Crippen LogP contribution in [-0.2, 0) is 11.3 Å². The number of hydrogen-bond acceptors (Lipinski definition) is 5. The van der Waals surface area contributed by atoms with Crippen LogP contribution in [0.25, 0.3) is 11.4 Å². The van der Waals surface area contributed by atoms with Gasteiger partial charge < -0.3 is 9.84 Å². The number of hydrogen-bond donors (Lipinski definition) is 1. The molecule has 0 saturated carbocycles. The molecule has 0 saturated heterocycles. The van der Waals surface area contributed by atoms with E-state index in [1.54, 1.807) is 0 Å². The van der Waals surface area contributed by atoms with Crippen molar-refractivity contribution in [1.29, 1.82) is 0 Å². The number of carbonyl (C=O) groups is 1. The molecule has 0 aliphatic carbocycles. The largest absolute Gasteiger partial charge is 0.346 e. The average molecular weight is 388 g/mol. The number of rotatable bonds is 7. The van der Waals surface area contributed by atoms with Crippen molar-refractivity contribution in [1.82, 2.24) is 15.5 Å². The molecule has 5 nitrogen and oxygen atoms in total. The van der Waals surface area contributed by atoms with Gasteiger partial charge in [-0.3, -0.25) is 4.79 Å². The first kappa shape index (κ1) is 18.5. The molecule has 134 valence electrons. The van der Waals surface area contributed by atoms with Crippen LogP contribution < -0.4 is 5.32 Å². The molecule has 7 heteroatoms. The summed E-state index contributed by atoms with van der Waals surface area (Å²) in [6, 6.07) is 17.0. The maximum absolute atomic E-state index is 12.4. The van der Waals surface area contributed by atoms with E-state index in [0.29, 0.717) is 23.2 Å². The predicted molar refractivity (Wildman–Crippen MR) is 103 cm³/mol. The zero-order valence-corrected chi connectivity index (χ0v) is 15.8. The summed E-state index contributed by atoms with van der Waals surface area (Å²) in [6.45, 7) is 2.18. The predicted octanol–water partition coefficient (Wildman–Crippen LogP) is 4.58. The van der Waals surface area contributed by atoms with Crippen molar-refractivity contribution < 1.29 is 9.32 Å². The van der Waals surface area contributed by atoms with Gasteiger partial charge in [0.05, 0.1) is 11.8 Å². The zero-order valence-electron chi connectivity index (χ0n) is 14.2. The number of benzene rings is 2. The van der Waals surface area contributed by atoms with E-state index >= 15 is 0 Å². The van der Waals surface area contributed by atoms with Crippen LogP contribution in [0.15, 0.2) is 64.0 Å². The summed E-state index contributed by atoms with van der Waals surface area (Å²) < 4.78 is 5.22. The summed E-state index contributed by atoms with van der Waals surface area (Å²) in [6.07, 6.45) is 0.707. The number of aromatic nitrogens is 2. The molecule has 1 atom stereocenters. The second-order valence-corrected chi connectivity index (χ2v) is 7.28. The molecule has 0 spiro atoms. The maximum atomic E-state index is 12.4. The second-order valence-electron chi connectivity index (χ2n) is 5.56. The van der Waals surface area contributed by atoms with Crippen LogP contribution in [0.4, 0.5) is 0 Å². The molecule has 1 aromatic heterocycles. The summed E-state index contributed by atoms with van der Waals surface area (Å²) in [7, 11) is 0. The van der Waals surface area contributed by atoms with Crippen molar-refractivity contribution >= 4 is 29.3 Å². The minimum Gasteiger partial charge on any atom is -0.346 e. The highest BCUT2D eigenvalue weighted by molar-refractivity contribution is 8.00. The third kappa shape index (κ3) is 4.86. The Balaban J connectivity index is 1.57. The lowest BCUT2D eigenvalue weighted by atomic mass is 10.2. The number of halogens is 1. The molecule has 1 amide bonds. The first-order valence-corrected chi connectivity index (χ1v) is 9.49. The van der Waals surface area contributed by atoms with Crippen molar-refractivity contribution in [2.24, 2.45) is 0 Å². The van der Waals surface area contributed by atoms with Gasteiger partial charge in [0.2, 0.25) is 17.6 Å². The lowest BCUT2D eigenvalue weighted by Gasteiger charge is -2.13. The number of carbonyl (C=O) groups excluding carboxylic acids is 1. The third-order valence-corrected chi connectivity index (χ3v) is 5.30. The minimum absolute atomic E-state index is 0.0630. The van der Waals surface area contributed by atoms with Gasteiger partial charge in [-0.05, 0) is 30.7 Å². The summed E-state index contributed by atoms with van der Waals surface area (Å²) in [5, 5.41) is 7.29. The first-order valence-electron chi connectivity index (χ1n) is 8.23. The molecule has 0 radical (unpaired) electrons. The summed E-state index contributed by atoms with van der Waals surface area (Å²) >= 11 is 7.40. The highest BCUT2D eigenvalue weighted by atomic mass is 35.5. The summed E-state index contributed by atoms with van der Waals surface area (Å²) in [4.78, 5) is 17.8. The van der Waals surface area contributed by atoms with E-state index in [-0.39, 0.29) is 17.7 Å². The van der Waals surface area contributed by atoms with E-state index in [1.165, 1.54) is 11.8 Å². The molecule has 3 aromatic rings. The zero-order chi connectivity index (χ0) is 18.4. The lowest BCUT2D eigenvalue weighted by molar-refractivity contribution is -0.120. The van der Waals surface area contributed by atoms with Gasteiger partial charge in [-0.2, -0.15) is 4.98 Å². The molecule has 1 heterocycles. The highest BCUT2D eigenvalue weighted by Gasteiger charge is 2.19. The SMILES string of the molecule is CC[C@@H](Sc1ccc(Cl)cc1)C(=O)NCc1nc(-c2ccccc2)no1. The number of nitrogens with one attached hydrogen (secondary N) is 1. The third-order valence-electron chi connectivity index (χ3n) is 3.67. The Morgan fingerprint density at radius 2 is 1.92 bits per heavy atom. The van der Waals surface area contributed by atoms with E-state index in [2.05, 4.69) is 15.5 Å². The van der Waals surface area contributed by atoms with E-state index in [1.807, 2.05) is 61.5 Å². The molecular formula is C19H18ClN3O2S. The van der Waals surface area contributed by atoms with Gasteiger partial charge in [0, 0.05) is 15.5 Å². The highest BCUT2D eigenvalue weighted by Crippen LogP contribution is 2.26. The van der Waals surface area contributed by atoms with Crippen LogP contribution in [0, 0.1) is 0 Å². The fourth-order valence-corrected chi connectivity index (χ4v) is 3.41. The average Bonchev–Trinajstić information content (AvgIpc) is 3.15. The Hall–Kier alpha value is -2.31. The minimum atomic E-state index is -0.201. The molecule has 2 aromatic carbocycles. The van der Waals surface area contributed by atoms with Crippen LogP contribution in [-0.4, -0.2) is 21.3 Å². The van der Waals surface area contributed by atoms with Crippen molar-refractivity contribution in [3.05, 3.63) is 65.5 Å². The van der Waals surface area contributed by atoms with E-state index in [4.69, 9.17) is 16.1 Å². The molecule has 0 bridgehead atoms. The van der Waals surface area contributed by atoms with E-state index < -0.39 is 0 Å². The summed E-state index contributed by atoms with van der Waals surface area (Å²) in [5.74, 6) is 0.827. The van der Waals surface area contributed by atoms with Gasteiger partial charge in [-0.15, -0.1) is 11.8 Å². The Labute approximate surface area is 161 Å². The molecule has 1 N–H and O–H groups in total. The van der Waals surface area contributed by atoms with Crippen molar-refractivity contribution in [3.8, 4) is 11.4 Å². The van der Waals surface area contributed by atoms with Crippen molar-refractivity contribution in [2.45, 2.75) is 30.0 Å². The van der Waals surface area contributed by atoms with Crippen molar-refractivity contribution in [3.63, 3.8) is 0 Å². The van der Waals surface area contributed by atoms with Gasteiger partial charge in [0.1, 0.15) is 0 Å². The first-order chi connectivity index (χ1) is 12.7. The van der Waals surface area contributed by atoms with Crippen LogP contribution >= 0.6 is 23.4 Å². The Morgan fingerprint density at radius 3 is 2.62 bits per heavy atom. The molecule has 0 unspecified atom stereocenters. The fourth-order valence-electron chi connectivity index (χ4n) is 2.31. The Bertz CT molecular complexity index is 853. The Kier molecular flexibility index (Phi) is 6.30. The van der Waals surface area contributed by atoms with E-state index in [9.17, 15) is 4.79 Å². The topological polar surface area (TPSA) is 68.0 Å². The normalized spacial score (nSPS) is 11.9. The van der Waals surface area contributed by atoms with Gasteiger partial charge in [-0.1, -0.05) is 54.0 Å². The van der Waals surface area contributed by atoms with Gasteiger partial charge in [0.25, 0.3) is 0 Å². The standard InChI is InChI=1S/C19H18ClN3O2S/c1-2-16(26-15-10-8-14(20)9-11-15)19(24)21-12-17-22-18(23-25-17)13-6-4-3-5-7-13/h3-11,16H,2,12H2,1H3,(H,21,24)/t16-/m1/s1. The molecule has 26 heavy (non-hydrogen) atoms. The van der Waals surface area contributed by atoms with Gasteiger partial charge >= 0.3 is 0 Å². The lowest BCUT2D eigenvalue weighted by Crippen LogP contribution is -2.31. The monoisotopic (exact) mass is 387 g/mol.